The smallest absolute Gasteiger partial charge is 0.312 e. The molecule has 0 aromatic heterocycles. The monoisotopic (exact) mass is 371 g/mol. The summed E-state index contributed by atoms with van der Waals surface area (Å²) in [6.07, 6.45) is 0.987. The quantitative estimate of drug-likeness (QED) is 0.605. The van der Waals surface area contributed by atoms with Gasteiger partial charge in [0.1, 0.15) is 5.75 Å². The summed E-state index contributed by atoms with van der Waals surface area (Å²) in [5.74, 6) is 0.392. The van der Waals surface area contributed by atoms with Crippen LogP contribution in [0.2, 0.25) is 0 Å². The molecular formula is C13H10BrNO5S. The predicted molar refractivity (Wildman–Crippen MR) is 80.4 cm³/mol. The number of sulfone groups is 1. The Kier molecular flexibility index (Phi) is 4.29. The zero-order chi connectivity index (χ0) is 15.6. The highest BCUT2D eigenvalue weighted by atomic mass is 79.9. The van der Waals surface area contributed by atoms with Gasteiger partial charge in [-0.1, -0.05) is 15.9 Å². The largest absolute Gasteiger partial charge is 0.450 e. The molecule has 0 aliphatic rings. The first kappa shape index (κ1) is 15.5. The van der Waals surface area contributed by atoms with Gasteiger partial charge in [-0.05, 0) is 36.4 Å². The van der Waals surface area contributed by atoms with Crippen LogP contribution >= 0.6 is 15.9 Å². The number of nitro benzene ring substituents is 1. The summed E-state index contributed by atoms with van der Waals surface area (Å²) in [7, 11) is -3.52. The highest BCUT2D eigenvalue weighted by molar-refractivity contribution is 9.10. The lowest BCUT2D eigenvalue weighted by molar-refractivity contribution is -0.385. The van der Waals surface area contributed by atoms with Crippen molar-refractivity contribution < 1.29 is 18.1 Å². The zero-order valence-electron chi connectivity index (χ0n) is 10.8. The number of benzene rings is 2. The van der Waals surface area contributed by atoms with Gasteiger partial charge in [0, 0.05) is 16.8 Å². The molecule has 8 heteroatoms. The summed E-state index contributed by atoms with van der Waals surface area (Å²) >= 11 is 3.27. The summed E-state index contributed by atoms with van der Waals surface area (Å²) < 4.78 is 29.2. The lowest BCUT2D eigenvalue weighted by atomic mass is 10.3. The Morgan fingerprint density at radius 1 is 1.14 bits per heavy atom. The molecule has 0 aliphatic carbocycles. The van der Waals surface area contributed by atoms with Crippen LogP contribution in [0, 0.1) is 10.1 Å². The van der Waals surface area contributed by atoms with E-state index in [0.717, 1.165) is 16.8 Å². The fraction of sp³-hybridized carbons (Fsp3) is 0.0769. The van der Waals surface area contributed by atoms with Crippen molar-refractivity contribution in [2.24, 2.45) is 0 Å². The average molecular weight is 372 g/mol. The molecule has 110 valence electrons. The number of hydrogen-bond donors (Lipinski definition) is 0. The van der Waals surface area contributed by atoms with Gasteiger partial charge in [-0.25, -0.2) is 8.42 Å². The van der Waals surface area contributed by atoms with Gasteiger partial charge in [-0.2, -0.15) is 0 Å². The topological polar surface area (TPSA) is 86.5 Å². The van der Waals surface area contributed by atoms with Gasteiger partial charge >= 0.3 is 5.69 Å². The van der Waals surface area contributed by atoms with Gasteiger partial charge < -0.3 is 4.74 Å². The number of ether oxygens (including phenoxy) is 1. The van der Waals surface area contributed by atoms with Gasteiger partial charge in [-0.15, -0.1) is 0 Å². The fourth-order valence-electron chi connectivity index (χ4n) is 1.59. The van der Waals surface area contributed by atoms with Crippen molar-refractivity contribution in [2.75, 3.05) is 6.26 Å². The first-order chi connectivity index (χ1) is 9.77. The second-order valence-corrected chi connectivity index (χ2v) is 7.15. The lowest BCUT2D eigenvalue weighted by Gasteiger charge is -2.07. The first-order valence-electron chi connectivity index (χ1n) is 5.69. The molecule has 21 heavy (non-hydrogen) atoms. The number of rotatable bonds is 4. The van der Waals surface area contributed by atoms with Crippen molar-refractivity contribution >= 4 is 31.5 Å². The summed E-state index contributed by atoms with van der Waals surface area (Å²) in [6, 6.07) is 10.3. The minimum absolute atomic E-state index is 0.0188. The standard InChI is InChI=1S/C13H10BrNO5S/c1-21(18,19)11-6-7-13(12(8-11)15(16)17)20-10-4-2-9(14)3-5-10/h2-8H,1H3. The van der Waals surface area contributed by atoms with Crippen LogP contribution in [0.3, 0.4) is 0 Å². The van der Waals surface area contributed by atoms with Gasteiger partial charge in [0.05, 0.1) is 9.82 Å². The van der Waals surface area contributed by atoms with E-state index < -0.39 is 20.4 Å². The Balaban J connectivity index is 2.44. The van der Waals surface area contributed by atoms with E-state index in [-0.39, 0.29) is 10.6 Å². The molecule has 2 aromatic rings. The molecule has 0 N–H and O–H groups in total. The number of hydrogen-bond acceptors (Lipinski definition) is 5. The second-order valence-electron chi connectivity index (χ2n) is 4.21. The molecule has 0 saturated carbocycles. The molecular weight excluding hydrogens is 362 g/mol. The van der Waals surface area contributed by atoms with E-state index in [1.165, 1.54) is 12.1 Å². The van der Waals surface area contributed by atoms with Gasteiger partial charge in [0.2, 0.25) is 5.75 Å². The van der Waals surface area contributed by atoms with Gasteiger partial charge in [0.15, 0.2) is 9.84 Å². The van der Waals surface area contributed by atoms with E-state index in [1.807, 2.05) is 0 Å². The molecule has 0 unspecified atom stereocenters. The molecule has 6 nitrogen and oxygen atoms in total. The van der Waals surface area contributed by atoms with Crippen molar-refractivity contribution in [1.82, 2.24) is 0 Å². The third kappa shape index (κ3) is 3.79. The van der Waals surface area contributed by atoms with Crippen molar-refractivity contribution in [2.45, 2.75) is 4.90 Å². The lowest BCUT2D eigenvalue weighted by Crippen LogP contribution is -2.00. The molecule has 0 heterocycles. The average Bonchev–Trinajstić information content (AvgIpc) is 2.40. The molecule has 2 rings (SSSR count). The van der Waals surface area contributed by atoms with Crippen LogP contribution in [0.15, 0.2) is 51.8 Å². The molecule has 2 aromatic carbocycles. The molecule has 0 aliphatic heterocycles. The predicted octanol–water partition coefficient (Wildman–Crippen LogP) is 3.55. The van der Waals surface area contributed by atoms with E-state index in [1.54, 1.807) is 24.3 Å². The highest BCUT2D eigenvalue weighted by Crippen LogP contribution is 2.33. The van der Waals surface area contributed by atoms with Crippen LogP contribution in [0.4, 0.5) is 5.69 Å². The van der Waals surface area contributed by atoms with Crippen LogP contribution in [0.25, 0.3) is 0 Å². The van der Waals surface area contributed by atoms with Crippen molar-refractivity contribution in [3.05, 3.63) is 57.1 Å². The third-order valence-electron chi connectivity index (χ3n) is 2.60. The summed E-state index contributed by atoms with van der Waals surface area (Å²) in [5, 5.41) is 11.1. The van der Waals surface area contributed by atoms with Crippen LogP contribution in [0.1, 0.15) is 0 Å². The van der Waals surface area contributed by atoms with Crippen molar-refractivity contribution in [3.63, 3.8) is 0 Å². The number of halogens is 1. The Morgan fingerprint density at radius 3 is 2.29 bits per heavy atom. The molecule has 0 atom stereocenters. The minimum atomic E-state index is -3.52. The van der Waals surface area contributed by atoms with Gasteiger partial charge in [0.25, 0.3) is 0 Å². The minimum Gasteiger partial charge on any atom is -0.450 e. The summed E-state index contributed by atoms with van der Waals surface area (Å²) in [4.78, 5) is 10.3. The maximum Gasteiger partial charge on any atom is 0.312 e. The molecule has 0 spiro atoms. The van der Waals surface area contributed by atoms with Gasteiger partial charge in [-0.3, -0.25) is 10.1 Å². The van der Waals surface area contributed by atoms with Crippen LogP contribution in [0.5, 0.6) is 11.5 Å². The van der Waals surface area contributed by atoms with Crippen LogP contribution < -0.4 is 4.74 Å². The maximum atomic E-state index is 11.4. The fourth-order valence-corrected chi connectivity index (χ4v) is 2.49. The second kappa shape index (κ2) is 5.82. The van der Waals surface area contributed by atoms with E-state index in [0.29, 0.717) is 5.75 Å². The SMILES string of the molecule is CS(=O)(=O)c1ccc(Oc2ccc(Br)cc2)c([N+](=O)[O-])c1. The highest BCUT2D eigenvalue weighted by Gasteiger charge is 2.20. The first-order valence-corrected chi connectivity index (χ1v) is 8.38. The molecule has 0 amide bonds. The Morgan fingerprint density at radius 2 is 1.76 bits per heavy atom. The van der Waals surface area contributed by atoms with E-state index in [2.05, 4.69) is 15.9 Å². The van der Waals surface area contributed by atoms with E-state index in [4.69, 9.17) is 4.74 Å². The van der Waals surface area contributed by atoms with Crippen molar-refractivity contribution in [1.29, 1.82) is 0 Å². The summed E-state index contributed by atoms with van der Waals surface area (Å²) in [6.45, 7) is 0. The summed E-state index contributed by atoms with van der Waals surface area (Å²) in [5.41, 5.74) is -0.402. The Hall–Kier alpha value is -1.93. The van der Waals surface area contributed by atoms with E-state index in [9.17, 15) is 18.5 Å². The Labute approximate surface area is 129 Å². The number of nitro groups is 1. The Bertz CT molecular complexity index is 787. The molecule has 0 fully saturated rings. The molecule has 0 radical (unpaired) electrons. The van der Waals surface area contributed by atoms with Crippen LogP contribution in [-0.4, -0.2) is 19.6 Å². The van der Waals surface area contributed by atoms with Crippen molar-refractivity contribution in [3.8, 4) is 11.5 Å². The third-order valence-corrected chi connectivity index (χ3v) is 4.24. The maximum absolute atomic E-state index is 11.4. The number of nitrogens with zero attached hydrogens (tertiary/aromatic N) is 1. The van der Waals surface area contributed by atoms with Crippen LogP contribution in [-0.2, 0) is 9.84 Å². The normalized spacial score (nSPS) is 11.1. The molecule has 0 saturated heterocycles. The van der Waals surface area contributed by atoms with E-state index >= 15 is 0 Å². The zero-order valence-corrected chi connectivity index (χ0v) is 13.2. The molecule has 0 bridgehead atoms.